The van der Waals surface area contributed by atoms with Crippen LogP contribution in [0.25, 0.3) is 0 Å². The molecule has 1 aromatic rings. The van der Waals surface area contributed by atoms with E-state index < -0.39 is 21.6 Å². The summed E-state index contributed by atoms with van der Waals surface area (Å²) in [6.07, 6.45) is 2.72. The van der Waals surface area contributed by atoms with Gasteiger partial charge in [-0.25, -0.2) is 8.42 Å². The van der Waals surface area contributed by atoms with Crippen molar-refractivity contribution in [3.8, 4) is 0 Å². The van der Waals surface area contributed by atoms with Crippen LogP contribution in [0.1, 0.15) is 46.5 Å². The Morgan fingerprint density at radius 3 is 2.17 bits per heavy atom. The molecule has 0 spiro atoms. The molecule has 1 aromatic carbocycles. The largest absolute Gasteiger partial charge is 0.469 e. The van der Waals surface area contributed by atoms with Crippen LogP contribution in [-0.4, -0.2) is 50.5 Å². The van der Waals surface area contributed by atoms with Gasteiger partial charge in [0.1, 0.15) is 12.1 Å². The molecule has 1 aliphatic rings. The van der Waals surface area contributed by atoms with Crippen molar-refractivity contribution < 1.29 is 27.5 Å². The smallest absolute Gasteiger partial charge is 0.321 e. The molecule has 0 amide bonds. The molecule has 0 bridgehead atoms. The van der Waals surface area contributed by atoms with E-state index in [9.17, 15) is 18.0 Å². The van der Waals surface area contributed by atoms with E-state index in [1.807, 2.05) is 0 Å². The van der Waals surface area contributed by atoms with E-state index in [2.05, 4.69) is 0 Å². The van der Waals surface area contributed by atoms with Crippen molar-refractivity contribution in [2.75, 3.05) is 20.2 Å². The average molecular weight is 426 g/mol. The highest BCUT2D eigenvalue weighted by atomic mass is 32.2. The van der Waals surface area contributed by atoms with Crippen LogP contribution in [0.4, 0.5) is 0 Å². The van der Waals surface area contributed by atoms with Crippen molar-refractivity contribution in [2.45, 2.75) is 57.0 Å². The molecule has 8 heteroatoms. The first-order valence-electron chi connectivity index (χ1n) is 9.88. The monoisotopic (exact) mass is 425 g/mol. The van der Waals surface area contributed by atoms with Crippen LogP contribution in [-0.2, 0) is 29.1 Å². The maximum absolute atomic E-state index is 13.2. The third-order valence-corrected chi connectivity index (χ3v) is 6.78. The summed E-state index contributed by atoms with van der Waals surface area (Å²) in [4.78, 5) is 24.3. The summed E-state index contributed by atoms with van der Waals surface area (Å²) in [5, 5.41) is 0. The van der Waals surface area contributed by atoms with Crippen LogP contribution in [0.15, 0.2) is 35.2 Å². The van der Waals surface area contributed by atoms with Gasteiger partial charge in [0.2, 0.25) is 10.0 Å². The molecule has 0 saturated heterocycles. The molecule has 0 N–H and O–H groups in total. The van der Waals surface area contributed by atoms with E-state index in [1.54, 1.807) is 39.0 Å². The molecule has 1 saturated carbocycles. The minimum Gasteiger partial charge on any atom is -0.469 e. The zero-order valence-electron chi connectivity index (χ0n) is 17.6. The van der Waals surface area contributed by atoms with Gasteiger partial charge in [-0.2, -0.15) is 4.31 Å². The summed E-state index contributed by atoms with van der Waals surface area (Å²) < 4.78 is 37.7. The van der Waals surface area contributed by atoms with Crippen LogP contribution in [0.5, 0.6) is 0 Å². The Hall–Kier alpha value is -1.93. The Morgan fingerprint density at radius 1 is 1.07 bits per heavy atom. The minimum absolute atomic E-state index is 0.0665. The summed E-state index contributed by atoms with van der Waals surface area (Å²) in [6, 6.07) is 8.09. The van der Waals surface area contributed by atoms with Gasteiger partial charge in [0.05, 0.1) is 17.9 Å². The van der Waals surface area contributed by atoms with E-state index in [1.165, 1.54) is 23.5 Å². The Morgan fingerprint density at radius 2 is 1.66 bits per heavy atom. The van der Waals surface area contributed by atoms with Crippen molar-refractivity contribution in [2.24, 2.45) is 11.8 Å². The van der Waals surface area contributed by atoms with Gasteiger partial charge in [0.15, 0.2) is 0 Å². The lowest BCUT2D eigenvalue weighted by Gasteiger charge is -2.31. The third-order valence-electron chi connectivity index (χ3n) is 4.95. The number of hydrogen-bond donors (Lipinski definition) is 0. The number of sulfonamides is 1. The molecule has 1 aliphatic carbocycles. The molecule has 0 atom stereocenters. The predicted octanol–water partition coefficient (Wildman–Crippen LogP) is 3.00. The summed E-state index contributed by atoms with van der Waals surface area (Å²) >= 11 is 0. The number of ether oxygens (including phenoxy) is 2. The molecular formula is C21H31NO6S. The van der Waals surface area contributed by atoms with E-state index >= 15 is 0 Å². The summed E-state index contributed by atoms with van der Waals surface area (Å²) in [6.45, 7) is 5.11. The Kier molecular flexibility index (Phi) is 7.82. The SMILES string of the molecule is COC(=O)C1CCC(CN(CC(=O)OC(C)(C)C)S(=O)(=O)c2ccccc2)CC1. The van der Waals surface area contributed by atoms with Crippen LogP contribution >= 0.6 is 0 Å². The van der Waals surface area contributed by atoms with Gasteiger partial charge in [-0.1, -0.05) is 18.2 Å². The number of hydrogen-bond acceptors (Lipinski definition) is 6. The predicted molar refractivity (Wildman–Crippen MR) is 109 cm³/mol. The lowest BCUT2D eigenvalue weighted by atomic mass is 9.82. The Bertz CT molecular complexity index is 792. The number of esters is 2. The zero-order valence-corrected chi connectivity index (χ0v) is 18.4. The lowest BCUT2D eigenvalue weighted by Crippen LogP contribution is -2.42. The van der Waals surface area contributed by atoms with E-state index in [0.29, 0.717) is 25.7 Å². The second-order valence-corrected chi connectivity index (χ2v) is 10.4. The van der Waals surface area contributed by atoms with Gasteiger partial charge in [-0.15, -0.1) is 0 Å². The first kappa shape index (κ1) is 23.3. The van der Waals surface area contributed by atoms with Gasteiger partial charge in [0, 0.05) is 6.54 Å². The number of benzene rings is 1. The van der Waals surface area contributed by atoms with Gasteiger partial charge >= 0.3 is 11.9 Å². The number of nitrogens with zero attached hydrogens (tertiary/aromatic N) is 1. The molecule has 162 valence electrons. The fourth-order valence-electron chi connectivity index (χ4n) is 3.54. The summed E-state index contributed by atoms with van der Waals surface area (Å²) in [5.41, 5.74) is -0.697. The second kappa shape index (κ2) is 9.71. The Balaban J connectivity index is 2.15. The van der Waals surface area contributed by atoms with Crippen molar-refractivity contribution in [1.82, 2.24) is 4.31 Å². The van der Waals surface area contributed by atoms with E-state index in [0.717, 1.165) is 0 Å². The standard InChI is InChI=1S/C21H31NO6S/c1-21(2,3)28-19(23)15-22(29(25,26)18-8-6-5-7-9-18)14-16-10-12-17(13-11-16)20(24)27-4/h5-9,16-17H,10-15H2,1-4H3. The quantitative estimate of drug-likeness (QED) is 0.624. The fourth-order valence-corrected chi connectivity index (χ4v) is 5.02. The molecule has 1 fully saturated rings. The third kappa shape index (κ3) is 6.82. The lowest BCUT2D eigenvalue weighted by molar-refractivity contribution is -0.155. The van der Waals surface area contributed by atoms with Gasteiger partial charge in [-0.3, -0.25) is 9.59 Å². The minimum atomic E-state index is -3.84. The number of rotatable bonds is 7. The van der Waals surface area contributed by atoms with E-state index in [-0.39, 0.29) is 35.8 Å². The maximum Gasteiger partial charge on any atom is 0.321 e. The summed E-state index contributed by atoms with van der Waals surface area (Å²) in [5.74, 6) is -0.871. The van der Waals surface area contributed by atoms with Crippen LogP contribution in [0.2, 0.25) is 0 Å². The van der Waals surface area contributed by atoms with Crippen molar-refractivity contribution in [3.63, 3.8) is 0 Å². The number of carbonyl (C=O) groups is 2. The van der Waals surface area contributed by atoms with Crippen molar-refractivity contribution in [1.29, 1.82) is 0 Å². The number of carbonyl (C=O) groups excluding carboxylic acids is 2. The highest BCUT2D eigenvalue weighted by Crippen LogP contribution is 2.31. The van der Waals surface area contributed by atoms with E-state index in [4.69, 9.17) is 9.47 Å². The molecule has 0 aliphatic heterocycles. The van der Waals surface area contributed by atoms with Crippen molar-refractivity contribution in [3.05, 3.63) is 30.3 Å². The molecule has 2 rings (SSSR count). The van der Waals surface area contributed by atoms with Crippen LogP contribution in [0, 0.1) is 11.8 Å². The first-order chi connectivity index (χ1) is 13.5. The van der Waals surface area contributed by atoms with Gasteiger partial charge in [-0.05, 0) is 64.5 Å². The highest BCUT2D eigenvalue weighted by Gasteiger charge is 2.33. The fraction of sp³-hybridized carbons (Fsp3) is 0.619. The molecule has 0 unspecified atom stereocenters. The molecule has 0 heterocycles. The Labute approximate surface area is 173 Å². The molecule has 29 heavy (non-hydrogen) atoms. The average Bonchev–Trinajstić information content (AvgIpc) is 2.66. The molecule has 0 aromatic heterocycles. The molecule has 0 radical (unpaired) electrons. The molecular weight excluding hydrogens is 394 g/mol. The van der Waals surface area contributed by atoms with Crippen LogP contribution in [0.3, 0.4) is 0 Å². The second-order valence-electron chi connectivity index (χ2n) is 8.44. The van der Waals surface area contributed by atoms with Crippen molar-refractivity contribution >= 4 is 22.0 Å². The van der Waals surface area contributed by atoms with Crippen LogP contribution < -0.4 is 0 Å². The zero-order chi connectivity index (χ0) is 21.7. The van der Waals surface area contributed by atoms with Gasteiger partial charge in [0.25, 0.3) is 0 Å². The topological polar surface area (TPSA) is 90.0 Å². The highest BCUT2D eigenvalue weighted by molar-refractivity contribution is 7.89. The number of methoxy groups -OCH3 is 1. The maximum atomic E-state index is 13.2. The first-order valence-corrected chi connectivity index (χ1v) is 11.3. The normalized spacial score (nSPS) is 20.3. The summed E-state index contributed by atoms with van der Waals surface area (Å²) in [7, 11) is -2.47. The molecule has 7 nitrogen and oxygen atoms in total. The van der Waals surface area contributed by atoms with Gasteiger partial charge < -0.3 is 9.47 Å².